The highest BCUT2D eigenvalue weighted by atomic mass is 32.2. The Bertz CT molecular complexity index is 886. The molecule has 0 amide bonds. The van der Waals surface area contributed by atoms with E-state index in [2.05, 4.69) is 33.8 Å². The average Bonchev–Trinajstić information content (AvgIpc) is 2.75. The second-order valence-corrected chi connectivity index (χ2v) is 10.4. The molecule has 2 aliphatic rings. The zero-order valence-corrected chi connectivity index (χ0v) is 19.3. The summed E-state index contributed by atoms with van der Waals surface area (Å²) >= 11 is 2.08. The van der Waals surface area contributed by atoms with Crippen LogP contribution >= 0.6 is 11.8 Å². The van der Waals surface area contributed by atoms with Crippen molar-refractivity contribution in [3.8, 4) is 5.75 Å². The van der Waals surface area contributed by atoms with Crippen LogP contribution in [0.4, 0.5) is 0 Å². The summed E-state index contributed by atoms with van der Waals surface area (Å²) < 4.78 is 5.38. The van der Waals surface area contributed by atoms with Gasteiger partial charge >= 0.3 is 5.97 Å². The normalized spacial score (nSPS) is 22.4. The number of carboxylic acids is 1. The van der Waals surface area contributed by atoms with Crippen molar-refractivity contribution in [2.75, 3.05) is 32.5 Å². The van der Waals surface area contributed by atoms with Crippen LogP contribution in [-0.4, -0.2) is 58.7 Å². The molecule has 0 spiro atoms. The topological polar surface area (TPSA) is 62.7 Å². The third-order valence-corrected chi connectivity index (χ3v) is 8.39. The molecule has 2 fully saturated rings. The minimum absolute atomic E-state index is 0.239. The summed E-state index contributed by atoms with van der Waals surface area (Å²) in [6.45, 7) is 2.78. The Balaban J connectivity index is 1.29. The van der Waals surface area contributed by atoms with Crippen LogP contribution in [0, 0.1) is 11.8 Å². The first-order chi connectivity index (χ1) is 15.1. The summed E-state index contributed by atoms with van der Waals surface area (Å²) in [4.78, 5) is 18.8. The zero-order chi connectivity index (χ0) is 21.6. The van der Waals surface area contributed by atoms with Crippen molar-refractivity contribution < 1.29 is 14.6 Å². The third-order valence-electron chi connectivity index (χ3n) is 7.03. The van der Waals surface area contributed by atoms with E-state index in [-0.39, 0.29) is 11.8 Å². The summed E-state index contributed by atoms with van der Waals surface area (Å²) in [6.07, 6.45) is 9.88. The number of aromatic nitrogens is 1. The SMILES string of the molecule is COc1ccc2nccc(CCC[C@@H]3CCN(CCSC4CCC4)C[C@@H]3C(=O)O)c2c1. The van der Waals surface area contributed by atoms with Crippen molar-refractivity contribution in [2.45, 2.75) is 50.2 Å². The number of ether oxygens (including phenoxy) is 1. The van der Waals surface area contributed by atoms with Crippen LogP contribution in [0.5, 0.6) is 5.75 Å². The Morgan fingerprint density at radius 2 is 2.16 bits per heavy atom. The van der Waals surface area contributed by atoms with E-state index in [1.54, 1.807) is 7.11 Å². The molecule has 1 aliphatic heterocycles. The quantitative estimate of drug-likeness (QED) is 0.566. The molecule has 0 unspecified atom stereocenters. The van der Waals surface area contributed by atoms with Crippen LogP contribution in [0.25, 0.3) is 10.9 Å². The number of rotatable bonds is 10. The van der Waals surface area contributed by atoms with E-state index in [0.717, 1.165) is 66.4 Å². The highest BCUT2D eigenvalue weighted by Gasteiger charge is 2.33. The lowest BCUT2D eigenvalue weighted by molar-refractivity contribution is -0.146. The zero-order valence-electron chi connectivity index (χ0n) is 18.5. The highest BCUT2D eigenvalue weighted by Crippen LogP contribution is 2.33. The van der Waals surface area contributed by atoms with Gasteiger partial charge < -0.3 is 14.7 Å². The van der Waals surface area contributed by atoms with E-state index in [1.165, 1.54) is 24.8 Å². The molecule has 4 rings (SSSR count). The highest BCUT2D eigenvalue weighted by molar-refractivity contribution is 7.99. The lowest BCUT2D eigenvalue weighted by Crippen LogP contribution is -2.44. The van der Waals surface area contributed by atoms with Gasteiger partial charge in [-0.25, -0.2) is 0 Å². The number of likely N-dealkylation sites (tertiary alicyclic amines) is 1. The number of carboxylic acid groups (broad SMARTS) is 1. The van der Waals surface area contributed by atoms with E-state index in [4.69, 9.17) is 4.74 Å². The molecule has 1 N–H and O–H groups in total. The van der Waals surface area contributed by atoms with Crippen LogP contribution in [0.2, 0.25) is 0 Å². The van der Waals surface area contributed by atoms with Crippen LogP contribution < -0.4 is 4.74 Å². The molecule has 31 heavy (non-hydrogen) atoms. The van der Waals surface area contributed by atoms with Crippen molar-refractivity contribution in [2.24, 2.45) is 11.8 Å². The fourth-order valence-electron chi connectivity index (χ4n) is 4.86. The van der Waals surface area contributed by atoms with E-state index in [0.29, 0.717) is 6.54 Å². The molecule has 168 valence electrons. The van der Waals surface area contributed by atoms with Crippen LogP contribution in [0.15, 0.2) is 30.5 Å². The molecule has 1 aromatic carbocycles. The summed E-state index contributed by atoms with van der Waals surface area (Å²) in [5, 5.41) is 11.8. The molecule has 2 atom stereocenters. The summed E-state index contributed by atoms with van der Waals surface area (Å²) in [5.41, 5.74) is 2.25. The number of carbonyl (C=O) groups is 1. The number of benzene rings is 1. The lowest BCUT2D eigenvalue weighted by atomic mass is 9.81. The summed E-state index contributed by atoms with van der Waals surface area (Å²) in [7, 11) is 1.68. The number of piperidine rings is 1. The maximum atomic E-state index is 12.0. The first kappa shape index (κ1) is 22.4. The molecule has 0 bridgehead atoms. The molecular formula is C25H34N2O3S. The Hall–Kier alpha value is -1.79. The van der Waals surface area contributed by atoms with E-state index in [1.807, 2.05) is 18.3 Å². The maximum absolute atomic E-state index is 12.0. The molecule has 1 saturated carbocycles. The Morgan fingerprint density at radius 3 is 2.90 bits per heavy atom. The number of fused-ring (bicyclic) bond motifs is 1. The number of nitrogens with zero attached hydrogens (tertiary/aromatic N) is 2. The number of thioether (sulfide) groups is 1. The van der Waals surface area contributed by atoms with Gasteiger partial charge in [-0.2, -0.15) is 11.8 Å². The fourth-order valence-corrected chi connectivity index (χ4v) is 6.23. The van der Waals surface area contributed by atoms with Crippen molar-refractivity contribution in [3.05, 3.63) is 36.0 Å². The van der Waals surface area contributed by atoms with Gasteiger partial charge in [-0.05, 0) is 80.8 Å². The lowest BCUT2D eigenvalue weighted by Gasteiger charge is -2.37. The first-order valence-corrected chi connectivity index (χ1v) is 12.7. The maximum Gasteiger partial charge on any atom is 0.308 e. The molecular weight excluding hydrogens is 408 g/mol. The second kappa shape index (κ2) is 10.7. The van der Waals surface area contributed by atoms with E-state index in [9.17, 15) is 9.90 Å². The molecule has 1 saturated heterocycles. The minimum atomic E-state index is -0.625. The van der Waals surface area contributed by atoms with Crippen LogP contribution in [-0.2, 0) is 11.2 Å². The largest absolute Gasteiger partial charge is 0.497 e. The molecule has 1 aliphatic carbocycles. The van der Waals surface area contributed by atoms with Gasteiger partial charge in [0.15, 0.2) is 0 Å². The summed E-state index contributed by atoms with van der Waals surface area (Å²) in [5.74, 6) is 1.39. The molecule has 5 nitrogen and oxygen atoms in total. The molecule has 2 aromatic rings. The monoisotopic (exact) mass is 442 g/mol. The Kier molecular flexibility index (Phi) is 7.72. The third kappa shape index (κ3) is 5.72. The average molecular weight is 443 g/mol. The van der Waals surface area contributed by atoms with Gasteiger partial charge in [0.1, 0.15) is 5.75 Å². The fraction of sp³-hybridized carbons (Fsp3) is 0.600. The minimum Gasteiger partial charge on any atom is -0.497 e. The van der Waals surface area contributed by atoms with Crippen molar-refractivity contribution in [1.29, 1.82) is 0 Å². The van der Waals surface area contributed by atoms with Gasteiger partial charge in [-0.15, -0.1) is 0 Å². The Morgan fingerprint density at radius 1 is 1.29 bits per heavy atom. The number of hydrogen-bond donors (Lipinski definition) is 1. The summed E-state index contributed by atoms with van der Waals surface area (Å²) in [6, 6.07) is 8.07. The van der Waals surface area contributed by atoms with Gasteiger partial charge in [-0.1, -0.05) is 6.42 Å². The van der Waals surface area contributed by atoms with Crippen molar-refractivity contribution in [3.63, 3.8) is 0 Å². The van der Waals surface area contributed by atoms with Crippen LogP contribution in [0.3, 0.4) is 0 Å². The van der Waals surface area contributed by atoms with Gasteiger partial charge in [0, 0.05) is 35.7 Å². The smallest absolute Gasteiger partial charge is 0.308 e. The predicted octanol–water partition coefficient (Wildman–Crippen LogP) is 4.87. The number of aliphatic carboxylic acids is 1. The van der Waals surface area contributed by atoms with Gasteiger partial charge in [0.05, 0.1) is 18.5 Å². The van der Waals surface area contributed by atoms with Gasteiger partial charge in [0.25, 0.3) is 0 Å². The Labute approximate surface area is 189 Å². The van der Waals surface area contributed by atoms with Crippen molar-refractivity contribution >= 4 is 28.6 Å². The van der Waals surface area contributed by atoms with Gasteiger partial charge in [0.2, 0.25) is 0 Å². The number of methoxy groups -OCH3 is 1. The van der Waals surface area contributed by atoms with E-state index >= 15 is 0 Å². The van der Waals surface area contributed by atoms with E-state index < -0.39 is 5.97 Å². The first-order valence-electron chi connectivity index (χ1n) is 11.6. The number of aryl methyl sites for hydroxylation is 1. The predicted molar refractivity (Wildman–Crippen MR) is 127 cm³/mol. The molecule has 1 aromatic heterocycles. The molecule has 6 heteroatoms. The number of hydrogen-bond acceptors (Lipinski definition) is 5. The molecule has 2 heterocycles. The standard InChI is InChI=1S/C25H34N2O3S/c1-30-20-8-9-24-22(16-20)18(10-12-26-24)4-2-5-19-11-13-27(17-23(19)25(28)29)14-15-31-21-6-3-7-21/h8-10,12,16,19,21,23H,2-7,11,13-15,17H2,1H3,(H,28,29)/t19-,23+/m1/s1. The second-order valence-electron chi connectivity index (χ2n) is 8.96. The van der Waals surface area contributed by atoms with Crippen molar-refractivity contribution in [1.82, 2.24) is 9.88 Å². The van der Waals surface area contributed by atoms with Gasteiger partial charge in [-0.3, -0.25) is 9.78 Å². The molecule has 0 radical (unpaired) electrons. The number of pyridine rings is 1. The van der Waals surface area contributed by atoms with Crippen LogP contribution in [0.1, 0.15) is 44.1 Å².